The Morgan fingerprint density at radius 2 is 2.29 bits per heavy atom. The Morgan fingerprint density at radius 3 is 2.93 bits per heavy atom. The predicted octanol–water partition coefficient (Wildman–Crippen LogP) is 0.745. The quantitative estimate of drug-likeness (QED) is 0.769. The summed E-state index contributed by atoms with van der Waals surface area (Å²) in [6.45, 7) is 4.50. The van der Waals surface area contributed by atoms with E-state index in [9.17, 15) is 0 Å². The number of ether oxygens (including phenoxy) is 1. The summed E-state index contributed by atoms with van der Waals surface area (Å²) in [5.74, 6) is 0.834. The van der Waals surface area contributed by atoms with Crippen LogP contribution in [0.15, 0.2) is 18.5 Å². The van der Waals surface area contributed by atoms with E-state index in [1.807, 2.05) is 6.07 Å². The van der Waals surface area contributed by atoms with Crippen molar-refractivity contribution in [2.45, 2.75) is 25.4 Å². The van der Waals surface area contributed by atoms with Gasteiger partial charge >= 0.3 is 0 Å². The number of aromatic nitrogens is 2. The van der Waals surface area contributed by atoms with Gasteiger partial charge in [0.25, 0.3) is 0 Å². The molecule has 4 nitrogen and oxygen atoms in total. The molecule has 0 amide bonds. The minimum Gasteiger partial charge on any atom is -0.379 e. The highest BCUT2D eigenvalue weighted by Gasteiger charge is 2.28. The summed E-state index contributed by atoms with van der Waals surface area (Å²) in [5, 5.41) is 3.42. The Kier molecular flexibility index (Phi) is 2.74. The van der Waals surface area contributed by atoms with Gasteiger partial charge in [0, 0.05) is 24.5 Å². The maximum atomic E-state index is 5.35. The molecule has 1 saturated heterocycles. The highest BCUT2D eigenvalue weighted by atomic mass is 16.5. The molecule has 14 heavy (non-hydrogen) atoms. The van der Waals surface area contributed by atoms with Gasteiger partial charge in [0.1, 0.15) is 5.82 Å². The molecule has 1 aromatic rings. The van der Waals surface area contributed by atoms with E-state index in [2.05, 4.69) is 22.2 Å². The van der Waals surface area contributed by atoms with Crippen LogP contribution < -0.4 is 5.32 Å². The first kappa shape index (κ1) is 9.55. The summed E-state index contributed by atoms with van der Waals surface area (Å²) in [6, 6.07) is 1.82. The molecule has 76 valence electrons. The fourth-order valence-corrected chi connectivity index (χ4v) is 1.52. The van der Waals surface area contributed by atoms with Gasteiger partial charge in [-0.05, 0) is 19.4 Å². The molecule has 4 heteroatoms. The minimum absolute atomic E-state index is 0.0964. The lowest BCUT2D eigenvalue weighted by molar-refractivity contribution is 0.171. The Hall–Kier alpha value is -1.00. The maximum Gasteiger partial charge on any atom is 0.141 e. The van der Waals surface area contributed by atoms with Gasteiger partial charge in [-0.25, -0.2) is 9.97 Å². The molecule has 1 aromatic heterocycles. The molecule has 0 spiro atoms. The number of nitrogens with one attached hydrogen (secondary N) is 1. The lowest BCUT2D eigenvalue weighted by Gasteiger charge is -2.22. The van der Waals surface area contributed by atoms with Crippen molar-refractivity contribution in [3.05, 3.63) is 24.3 Å². The number of hydrogen-bond acceptors (Lipinski definition) is 4. The average molecular weight is 193 g/mol. The van der Waals surface area contributed by atoms with Gasteiger partial charge in [-0.3, -0.25) is 0 Å². The van der Waals surface area contributed by atoms with Crippen LogP contribution in [0.1, 0.15) is 19.2 Å². The highest BCUT2D eigenvalue weighted by Crippen LogP contribution is 2.17. The van der Waals surface area contributed by atoms with Crippen molar-refractivity contribution in [2.24, 2.45) is 0 Å². The molecule has 0 radical (unpaired) electrons. The molecule has 1 fully saturated rings. The Bertz CT molecular complexity index is 283. The molecule has 1 unspecified atom stereocenters. The lowest BCUT2D eigenvalue weighted by Crippen LogP contribution is -2.42. The predicted molar refractivity (Wildman–Crippen MR) is 52.7 cm³/mol. The Morgan fingerprint density at radius 1 is 1.50 bits per heavy atom. The van der Waals surface area contributed by atoms with E-state index in [1.165, 1.54) is 0 Å². The van der Waals surface area contributed by atoms with Gasteiger partial charge < -0.3 is 10.1 Å². The van der Waals surface area contributed by atoms with Crippen molar-refractivity contribution in [2.75, 3.05) is 13.2 Å². The minimum atomic E-state index is 0.0964. The number of hydrogen-bond donors (Lipinski definition) is 1. The van der Waals surface area contributed by atoms with Crippen LogP contribution in [0, 0.1) is 0 Å². The number of rotatable bonds is 3. The second-order valence-electron chi connectivity index (χ2n) is 3.88. The van der Waals surface area contributed by atoms with Crippen LogP contribution in [0.25, 0.3) is 0 Å². The summed E-state index contributed by atoms with van der Waals surface area (Å²) in [7, 11) is 0. The molecular formula is C10H15N3O. The second kappa shape index (κ2) is 4.02. The third-order valence-corrected chi connectivity index (χ3v) is 2.51. The van der Waals surface area contributed by atoms with E-state index >= 15 is 0 Å². The highest BCUT2D eigenvalue weighted by molar-refractivity contribution is 4.92. The van der Waals surface area contributed by atoms with E-state index in [0.717, 1.165) is 25.5 Å². The van der Waals surface area contributed by atoms with Crippen LogP contribution in [0.2, 0.25) is 0 Å². The molecule has 1 aliphatic rings. The van der Waals surface area contributed by atoms with E-state index < -0.39 is 0 Å². The van der Waals surface area contributed by atoms with Crippen molar-refractivity contribution in [1.82, 2.24) is 15.3 Å². The first-order valence-corrected chi connectivity index (χ1v) is 4.87. The third kappa shape index (κ3) is 2.27. The van der Waals surface area contributed by atoms with E-state index in [-0.39, 0.29) is 5.54 Å². The van der Waals surface area contributed by atoms with Crippen LogP contribution >= 0.6 is 0 Å². The van der Waals surface area contributed by atoms with E-state index in [0.29, 0.717) is 6.54 Å². The molecule has 0 aromatic carbocycles. The van der Waals surface area contributed by atoms with Crippen molar-refractivity contribution in [3.63, 3.8) is 0 Å². The normalized spacial score (nSPS) is 26.6. The SMILES string of the molecule is CC1(NCc2ncccn2)CCOC1. The molecule has 1 N–H and O–H groups in total. The molecule has 0 aliphatic carbocycles. The van der Waals surface area contributed by atoms with Crippen LogP contribution in [0.4, 0.5) is 0 Å². The van der Waals surface area contributed by atoms with Crippen molar-refractivity contribution in [3.8, 4) is 0 Å². The van der Waals surface area contributed by atoms with E-state index in [4.69, 9.17) is 4.74 Å². The van der Waals surface area contributed by atoms with Crippen molar-refractivity contribution < 1.29 is 4.74 Å². The maximum absolute atomic E-state index is 5.35. The number of nitrogens with zero attached hydrogens (tertiary/aromatic N) is 2. The Balaban J connectivity index is 1.88. The summed E-state index contributed by atoms with van der Waals surface area (Å²) in [5.41, 5.74) is 0.0964. The lowest BCUT2D eigenvalue weighted by atomic mass is 10.0. The first-order valence-electron chi connectivity index (χ1n) is 4.87. The van der Waals surface area contributed by atoms with Gasteiger partial charge in [0.15, 0.2) is 0 Å². The van der Waals surface area contributed by atoms with Gasteiger partial charge in [-0.15, -0.1) is 0 Å². The molecular weight excluding hydrogens is 178 g/mol. The summed E-state index contributed by atoms with van der Waals surface area (Å²) >= 11 is 0. The average Bonchev–Trinajstić information content (AvgIpc) is 2.65. The topological polar surface area (TPSA) is 47.0 Å². The molecule has 0 saturated carbocycles. The smallest absolute Gasteiger partial charge is 0.141 e. The van der Waals surface area contributed by atoms with Crippen LogP contribution in [-0.2, 0) is 11.3 Å². The standard InChI is InChI=1S/C10H15N3O/c1-10(3-6-14-8-10)13-7-9-11-4-2-5-12-9/h2,4-5,13H,3,6-8H2,1H3. The van der Waals surface area contributed by atoms with Crippen molar-refractivity contribution >= 4 is 0 Å². The molecule has 2 heterocycles. The van der Waals surface area contributed by atoms with Gasteiger partial charge in [-0.2, -0.15) is 0 Å². The summed E-state index contributed by atoms with van der Waals surface area (Å²) in [6.07, 6.45) is 4.58. The Labute approximate surface area is 83.7 Å². The molecule has 1 atom stereocenters. The monoisotopic (exact) mass is 193 g/mol. The van der Waals surface area contributed by atoms with Crippen LogP contribution in [-0.4, -0.2) is 28.7 Å². The largest absolute Gasteiger partial charge is 0.379 e. The van der Waals surface area contributed by atoms with Crippen LogP contribution in [0.3, 0.4) is 0 Å². The zero-order valence-electron chi connectivity index (χ0n) is 8.36. The molecule has 1 aliphatic heterocycles. The third-order valence-electron chi connectivity index (χ3n) is 2.51. The molecule has 0 bridgehead atoms. The van der Waals surface area contributed by atoms with Crippen LogP contribution in [0.5, 0.6) is 0 Å². The van der Waals surface area contributed by atoms with Gasteiger partial charge in [0.05, 0.1) is 13.2 Å². The second-order valence-corrected chi connectivity index (χ2v) is 3.88. The first-order chi connectivity index (χ1) is 6.79. The fourth-order valence-electron chi connectivity index (χ4n) is 1.52. The summed E-state index contributed by atoms with van der Waals surface area (Å²) in [4.78, 5) is 8.31. The fraction of sp³-hybridized carbons (Fsp3) is 0.600. The zero-order valence-corrected chi connectivity index (χ0v) is 8.36. The molecule has 2 rings (SSSR count). The van der Waals surface area contributed by atoms with Gasteiger partial charge in [0.2, 0.25) is 0 Å². The van der Waals surface area contributed by atoms with Crippen molar-refractivity contribution in [1.29, 1.82) is 0 Å². The van der Waals surface area contributed by atoms with Gasteiger partial charge in [-0.1, -0.05) is 0 Å². The zero-order chi connectivity index (χ0) is 9.86. The summed E-state index contributed by atoms with van der Waals surface area (Å²) < 4.78 is 5.35. The van der Waals surface area contributed by atoms with E-state index in [1.54, 1.807) is 12.4 Å².